The third-order valence-electron chi connectivity index (χ3n) is 8.20. The number of hydrogen-bond acceptors (Lipinski definition) is 2. The van der Waals surface area contributed by atoms with Gasteiger partial charge in [-0.15, -0.1) is 0 Å². The van der Waals surface area contributed by atoms with E-state index in [1.807, 2.05) is 12.1 Å². The van der Waals surface area contributed by atoms with Crippen molar-refractivity contribution in [1.29, 1.82) is 0 Å². The van der Waals surface area contributed by atoms with Crippen molar-refractivity contribution in [2.45, 2.75) is 21.1 Å². The average molecular weight is 705 g/mol. The van der Waals surface area contributed by atoms with Crippen molar-refractivity contribution >= 4 is 42.2 Å². The first kappa shape index (κ1) is 27.2. The number of benzene rings is 4. The summed E-state index contributed by atoms with van der Waals surface area (Å²) in [6.07, 6.45) is 6.40. The van der Waals surface area contributed by atoms with Crippen molar-refractivity contribution in [3.63, 3.8) is 0 Å². The van der Waals surface area contributed by atoms with E-state index >= 15 is 0 Å². The van der Waals surface area contributed by atoms with E-state index in [-0.39, 0.29) is 7.25 Å². The fraction of sp³-hybridized carbons (Fsp3) is 0.118. The number of nitrogens with one attached hydrogen (secondary N) is 2. The number of hydrogen-bond donors (Lipinski definition) is 2. The van der Waals surface area contributed by atoms with Crippen LogP contribution >= 0.6 is 0 Å². The van der Waals surface area contributed by atoms with Crippen LogP contribution in [0.3, 0.4) is 0 Å². The zero-order valence-corrected chi connectivity index (χ0v) is 28.3. The third kappa shape index (κ3) is 4.90. The van der Waals surface area contributed by atoms with Gasteiger partial charge in [0.1, 0.15) is 0 Å². The molecule has 6 heteroatoms. The molecule has 2 N–H and O–H groups in total. The summed E-state index contributed by atoms with van der Waals surface area (Å²) in [5.41, 5.74) is 12.9. The van der Waals surface area contributed by atoms with Crippen LogP contribution in [0, 0.1) is 0 Å². The van der Waals surface area contributed by atoms with E-state index in [0.717, 1.165) is 12.8 Å². The summed E-state index contributed by atoms with van der Waals surface area (Å²) in [7, 11) is 0. The van der Waals surface area contributed by atoms with E-state index in [2.05, 4.69) is 118 Å². The summed E-state index contributed by atoms with van der Waals surface area (Å²) >= 11 is -5.81. The first-order valence-corrected chi connectivity index (χ1v) is 30.9. The van der Waals surface area contributed by atoms with Crippen molar-refractivity contribution in [3.05, 3.63) is 130 Å². The molecule has 0 saturated carbocycles. The van der Waals surface area contributed by atoms with Crippen LogP contribution in [0.15, 0.2) is 108 Å². The molecule has 2 unspecified atom stereocenters. The molecular weight excluding hydrogens is 674 g/mol. The molecule has 2 amide bonds. The number of rotatable bonds is 9. The summed E-state index contributed by atoms with van der Waals surface area (Å²) in [6.45, 7) is 4.50. The van der Waals surface area contributed by atoms with E-state index in [0.29, 0.717) is 0 Å². The maximum absolute atomic E-state index is 11.9. The summed E-state index contributed by atoms with van der Waals surface area (Å²) < 4.78 is 7.06. The number of amides is 2. The Labute approximate surface area is 247 Å². The number of carbonyl (C=O) groups is 2. The van der Waals surface area contributed by atoms with Crippen LogP contribution < -0.4 is 6.61 Å². The van der Waals surface area contributed by atoms with Gasteiger partial charge in [-0.1, -0.05) is 0 Å². The van der Waals surface area contributed by atoms with Crippen LogP contribution in [-0.2, 0) is 26.6 Å². The number of allylic oxidation sites excluding steroid dienone is 2. The predicted molar refractivity (Wildman–Crippen MR) is 161 cm³/mol. The summed E-state index contributed by atoms with van der Waals surface area (Å²) in [4.78, 5) is 23.9. The van der Waals surface area contributed by atoms with Crippen molar-refractivity contribution in [1.82, 2.24) is 6.61 Å². The first-order chi connectivity index (χ1) is 19.6. The van der Waals surface area contributed by atoms with Gasteiger partial charge in [0.25, 0.3) is 0 Å². The Morgan fingerprint density at radius 2 is 1.02 bits per heavy atom. The van der Waals surface area contributed by atoms with E-state index in [1.54, 1.807) is 0 Å². The molecule has 0 radical (unpaired) electrons. The normalized spacial score (nSPS) is 16.8. The van der Waals surface area contributed by atoms with Crippen molar-refractivity contribution < 1.29 is 26.6 Å². The summed E-state index contributed by atoms with van der Waals surface area (Å²) in [5.74, 6) is 0. The maximum atomic E-state index is 11.9. The quantitative estimate of drug-likeness (QED) is 0.190. The molecule has 2 aliphatic rings. The molecule has 4 aromatic rings. The van der Waals surface area contributed by atoms with Gasteiger partial charge in [0.2, 0.25) is 0 Å². The van der Waals surface area contributed by atoms with E-state index < -0.39 is 34.3 Å². The van der Waals surface area contributed by atoms with Gasteiger partial charge in [-0.25, -0.2) is 0 Å². The Bertz CT molecular complexity index is 1510. The van der Waals surface area contributed by atoms with Gasteiger partial charge in [0.15, 0.2) is 0 Å². The van der Waals surface area contributed by atoms with E-state index in [4.69, 9.17) is 0 Å². The Hall–Kier alpha value is -2.95. The molecular formula is C34H30InN2O2Zr. The SMILES string of the molecule is CC1=Cc2c(-c3ccccc3)cccc2[CH]1[Zr]([CH]1C(C)=Cc2c(-c3ccccc3)cccc21)[In]([NH]C=O)[NH]C=O. The van der Waals surface area contributed by atoms with Crippen molar-refractivity contribution in [2.75, 3.05) is 0 Å². The summed E-state index contributed by atoms with van der Waals surface area (Å²) in [6, 6.07) is 34.4. The Morgan fingerprint density at radius 3 is 1.43 bits per heavy atom. The molecule has 0 aliphatic heterocycles. The van der Waals surface area contributed by atoms with Gasteiger partial charge in [-0.05, 0) is 0 Å². The molecule has 0 fully saturated rings. The van der Waals surface area contributed by atoms with Crippen LogP contribution in [0.5, 0.6) is 0 Å². The standard InChI is InChI=1S/2C16H13.2CH3NO.In.Zr/c2*1-12-10-14-8-5-9-15(16(14)11-12)13-6-3-2-4-7-13;2*2-1-3;;/h2*2-11H,1H3;2*1H,(H2,2,3);;/q;;;;+2;/p-2. The minimum absolute atomic E-state index is 0.279. The van der Waals surface area contributed by atoms with Gasteiger partial charge in [-0.3, -0.25) is 0 Å². The van der Waals surface area contributed by atoms with Crippen LogP contribution in [0.1, 0.15) is 43.4 Å². The number of fused-ring (bicyclic) bond motifs is 2. The first-order valence-electron chi connectivity index (χ1n) is 13.6. The van der Waals surface area contributed by atoms with Crippen LogP contribution in [0.4, 0.5) is 0 Å². The predicted octanol–water partition coefficient (Wildman–Crippen LogP) is 6.73. The zero-order chi connectivity index (χ0) is 27.6. The summed E-state index contributed by atoms with van der Waals surface area (Å²) in [5, 5.41) is 0. The monoisotopic (exact) mass is 703 g/mol. The Kier molecular flexibility index (Phi) is 8.09. The van der Waals surface area contributed by atoms with Crippen LogP contribution in [0.25, 0.3) is 34.4 Å². The fourth-order valence-electron chi connectivity index (χ4n) is 6.60. The molecule has 0 heterocycles. The fourth-order valence-corrected chi connectivity index (χ4v) is 52.0. The Balaban J connectivity index is 1.52. The molecule has 0 bridgehead atoms. The molecule has 2 atom stereocenters. The molecule has 6 rings (SSSR count). The van der Waals surface area contributed by atoms with Crippen molar-refractivity contribution in [2.24, 2.45) is 0 Å². The second-order valence-corrected chi connectivity index (χ2v) is 40.9. The van der Waals surface area contributed by atoms with Gasteiger partial charge < -0.3 is 0 Å². The average Bonchev–Trinajstić information content (AvgIpc) is 3.50. The molecule has 0 saturated heterocycles. The van der Waals surface area contributed by atoms with E-state index in [9.17, 15) is 9.59 Å². The van der Waals surface area contributed by atoms with Crippen LogP contribution in [0.2, 0.25) is 0 Å². The van der Waals surface area contributed by atoms with Gasteiger partial charge in [0.05, 0.1) is 0 Å². The molecule has 4 nitrogen and oxygen atoms in total. The Morgan fingerprint density at radius 1 is 0.600 bits per heavy atom. The third-order valence-corrected chi connectivity index (χ3v) is 47.6. The van der Waals surface area contributed by atoms with Crippen molar-refractivity contribution in [3.8, 4) is 22.3 Å². The van der Waals surface area contributed by atoms with E-state index in [1.165, 1.54) is 55.7 Å². The van der Waals surface area contributed by atoms with Gasteiger partial charge >= 0.3 is 249 Å². The molecule has 2 aliphatic carbocycles. The second-order valence-electron chi connectivity index (χ2n) is 10.5. The van der Waals surface area contributed by atoms with Gasteiger partial charge in [0, 0.05) is 0 Å². The molecule has 0 aromatic heterocycles. The molecule has 4 aromatic carbocycles. The minimum atomic E-state index is -3.06. The molecule has 195 valence electrons. The molecule has 0 spiro atoms. The van der Waals surface area contributed by atoms with Crippen LogP contribution in [-0.4, -0.2) is 30.1 Å². The second kappa shape index (κ2) is 11.9. The topological polar surface area (TPSA) is 58.2 Å². The zero-order valence-electron chi connectivity index (χ0n) is 22.6. The molecule has 40 heavy (non-hydrogen) atoms. The van der Waals surface area contributed by atoms with Gasteiger partial charge in [-0.2, -0.15) is 0 Å². The number of carbonyl (C=O) groups excluding carboxylic acids is 2.